The number of nitrogens with zero attached hydrogens (tertiary/aromatic N) is 1. The van der Waals surface area contributed by atoms with E-state index in [-0.39, 0.29) is 28.8 Å². The molecule has 1 aromatic rings. The zero-order chi connectivity index (χ0) is 15.3. The lowest BCUT2D eigenvalue weighted by Crippen LogP contribution is -2.23. The lowest BCUT2D eigenvalue weighted by molar-refractivity contribution is -0.384. The molecule has 0 aliphatic heterocycles. The highest BCUT2D eigenvalue weighted by Gasteiger charge is 2.20. The Bertz CT molecular complexity index is 538. The van der Waals surface area contributed by atoms with E-state index < -0.39 is 10.9 Å². The van der Waals surface area contributed by atoms with Crippen molar-refractivity contribution < 1.29 is 19.6 Å². The third kappa shape index (κ3) is 3.53. The number of aromatic carboxylic acids is 1. The number of benzene rings is 1. The predicted octanol–water partition coefficient (Wildman–Crippen LogP) is 2.67. The first-order valence-electron chi connectivity index (χ1n) is 6.23. The minimum atomic E-state index is -1.33. The predicted molar refractivity (Wildman–Crippen MR) is 72.8 cm³/mol. The fourth-order valence-electron chi connectivity index (χ4n) is 1.83. The molecule has 0 unspecified atom stereocenters. The first-order valence-corrected chi connectivity index (χ1v) is 6.23. The number of anilines is 1. The number of carbonyl (C=O) groups is 2. The molecule has 0 saturated carbocycles. The quantitative estimate of drug-likeness (QED) is 0.615. The van der Waals surface area contributed by atoms with Gasteiger partial charge in [-0.15, -0.1) is 0 Å². The number of hydrogen-bond acceptors (Lipinski definition) is 4. The highest BCUT2D eigenvalue weighted by Crippen LogP contribution is 2.23. The van der Waals surface area contributed by atoms with E-state index in [4.69, 9.17) is 5.11 Å². The van der Waals surface area contributed by atoms with Crippen LogP contribution < -0.4 is 5.32 Å². The molecule has 1 rings (SSSR count). The Morgan fingerprint density at radius 2 is 1.95 bits per heavy atom. The summed E-state index contributed by atoms with van der Waals surface area (Å²) in [6.45, 7) is 3.73. The van der Waals surface area contributed by atoms with Crippen LogP contribution in [0.5, 0.6) is 0 Å². The van der Waals surface area contributed by atoms with Crippen molar-refractivity contribution in [2.24, 2.45) is 5.92 Å². The Balaban J connectivity index is 3.09. The van der Waals surface area contributed by atoms with Crippen molar-refractivity contribution in [1.82, 2.24) is 0 Å². The van der Waals surface area contributed by atoms with Gasteiger partial charge in [0.15, 0.2) is 0 Å². The summed E-state index contributed by atoms with van der Waals surface area (Å²) >= 11 is 0. The molecular formula is C13H16N2O5. The van der Waals surface area contributed by atoms with Crippen molar-refractivity contribution in [1.29, 1.82) is 0 Å². The summed E-state index contributed by atoms with van der Waals surface area (Å²) in [6.07, 6.45) is 1.27. The normalized spacial score (nSPS) is 10.3. The topological polar surface area (TPSA) is 110 Å². The number of rotatable bonds is 6. The zero-order valence-electron chi connectivity index (χ0n) is 11.3. The van der Waals surface area contributed by atoms with Crippen LogP contribution in [0.15, 0.2) is 18.2 Å². The molecule has 7 heteroatoms. The van der Waals surface area contributed by atoms with E-state index in [1.54, 1.807) is 0 Å². The van der Waals surface area contributed by atoms with E-state index in [0.29, 0.717) is 12.8 Å². The fourth-order valence-corrected chi connectivity index (χ4v) is 1.83. The smallest absolute Gasteiger partial charge is 0.338 e. The summed E-state index contributed by atoms with van der Waals surface area (Å²) in [6, 6.07) is 3.33. The molecule has 0 aliphatic rings. The van der Waals surface area contributed by atoms with Gasteiger partial charge in [0.25, 0.3) is 5.69 Å². The van der Waals surface area contributed by atoms with Crippen LogP contribution in [0.4, 0.5) is 11.4 Å². The van der Waals surface area contributed by atoms with Gasteiger partial charge >= 0.3 is 5.97 Å². The molecule has 0 saturated heterocycles. The van der Waals surface area contributed by atoms with Crippen LogP contribution in [0.3, 0.4) is 0 Å². The van der Waals surface area contributed by atoms with E-state index in [9.17, 15) is 19.7 Å². The number of carboxylic acid groups (broad SMARTS) is 1. The summed E-state index contributed by atoms with van der Waals surface area (Å²) in [5, 5.41) is 22.2. The minimum Gasteiger partial charge on any atom is -0.478 e. The number of carbonyl (C=O) groups excluding carboxylic acids is 1. The lowest BCUT2D eigenvalue weighted by atomic mass is 10.0. The second kappa shape index (κ2) is 6.65. The first-order chi connectivity index (χ1) is 9.40. The number of carboxylic acids is 1. The number of non-ortho nitro benzene ring substituents is 1. The van der Waals surface area contributed by atoms with Crippen LogP contribution in [0.25, 0.3) is 0 Å². The fraction of sp³-hybridized carbons (Fsp3) is 0.385. The van der Waals surface area contributed by atoms with Crippen LogP contribution in [0, 0.1) is 16.0 Å². The summed E-state index contributed by atoms with van der Waals surface area (Å²) in [5.41, 5.74) is -0.554. The Morgan fingerprint density at radius 1 is 1.35 bits per heavy atom. The number of nitro benzene ring substituents is 1. The molecular weight excluding hydrogens is 264 g/mol. The Kier molecular flexibility index (Phi) is 5.19. The Labute approximate surface area is 115 Å². The molecule has 0 bridgehead atoms. The number of nitrogens with one attached hydrogen (secondary N) is 1. The Hall–Kier alpha value is -2.44. The maximum absolute atomic E-state index is 11.9. The average molecular weight is 280 g/mol. The van der Waals surface area contributed by atoms with Gasteiger partial charge in [-0.05, 0) is 18.9 Å². The van der Waals surface area contributed by atoms with Gasteiger partial charge in [-0.25, -0.2) is 4.79 Å². The molecule has 2 N–H and O–H groups in total. The van der Waals surface area contributed by atoms with Gasteiger partial charge in [0.1, 0.15) is 0 Å². The van der Waals surface area contributed by atoms with Gasteiger partial charge in [-0.3, -0.25) is 14.9 Å². The third-order valence-electron chi connectivity index (χ3n) is 3.06. The van der Waals surface area contributed by atoms with Crippen LogP contribution in [0.1, 0.15) is 37.0 Å². The van der Waals surface area contributed by atoms with Crippen molar-refractivity contribution in [2.75, 3.05) is 5.32 Å². The summed E-state index contributed by atoms with van der Waals surface area (Å²) in [7, 11) is 0. The average Bonchev–Trinajstić information content (AvgIpc) is 2.39. The van der Waals surface area contributed by atoms with E-state index in [1.165, 1.54) is 6.07 Å². The van der Waals surface area contributed by atoms with Crippen LogP contribution in [0.2, 0.25) is 0 Å². The second-order valence-electron chi connectivity index (χ2n) is 4.29. The highest BCUT2D eigenvalue weighted by atomic mass is 16.6. The summed E-state index contributed by atoms with van der Waals surface area (Å²) in [4.78, 5) is 33.0. The molecule has 1 aromatic carbocycles. The van der Waals surface area contributed by atoms with Crippen molar-refractivity contribution in [3.05, 3.63) is 33.9 Å². The molecule has 0 aromatic heterocycles. The first kappa shape index (κ1) is 15.6. The number of amides is 1. The maximum atomic E-state index is 11.9. The van der Waals surface area contributed by atoms with Crippen molar-refractivity contribution in [3.8, 4) is 0 Å². The van der Waals surface area contributed by atoms with Gasteiger partial charge < -0.3 is 10.4 Å². The second-order valence-corrected chi connectivity index (χ2v) is 4.29. The van der Waals surface area contributed by atoms with Crippen molar-refractivity contribution >= 4 is 23.3 Å². The minimum absolute atomic E-state index is 0.0694. The van der Waals surface area contributed by atoms with Crippen molar-refractivity contribution in [3.63, 3.8) is 0 Å². The van der Waals surface area contributed by atoms with E-state index >= 15 is 0 Å². The van der Waals surface area contributed by atoms with E-state index in [1.807, 2.05) is 13.8 Å². The summed E-state index contributed by atoms with van der Waals surface area (Å²) in [5.74, 6) is -1.83. The van der Waals surface area contributed by atoms with E-state index in [2.05, 4.69) is 5.32 Å². The standard InChI is InChI=1S/C13H16N2O5/c1-3-8(4-2)12(16)14-11-6-5-9(15(19)20)7-10(11)13(17)18/h5-8H,3-4H2,1-2H3,(H,14,16)(H,17,18). The summed E-state index contributed by atoms with van der Waals surface area (Å²) < 4.78 is 0. The molecule has 0 radical (unpaired) electrons. The van der Waals surface area contributed by atoms with Gasteiger partial charge in [0.2, 0.25) is 5.91 Å². The van der Waals surface area contributed by atoms with Gasteiger partial charge in [0, 0.05) is 18.1 Å². The molecule has 1 amide bonds. The van der Waals surface area contributed by atoms with Crippen LogP contribution in [-0.4, -0.2) is 21.9 Å². The van der Waals surface area contributed by atoms with Gasteiger partial charge in [-0.1, -0.05) is 13.8 Å². The zero-order valence-corrected chi connectivity index (χ0v) is 11.3. The number of nitro groups is 1. The van der Waals surface area contributed by atoms with Crippen LogP contribution in [-0.2, 0) is 4.79 Å². The Morgan fingerprint density at radius 3 is 2.40 bits per heavy atom. The van der Waals surface area contributed by atoms with E-state index in [0.717, 1.165) is 12.1 Å². The largest absolute Gasteiger partial charge is 0.478 e. The molecule has 0 spiro atoms. The molecule has 0 heterocycles. The van der Waals surface area contributed by atoms with Crippen LogP contribution >= 0.6 is 0 Å². The lowest BCUT2D eigenvalue weighted by Gasteiger charge is -2.14. The number of hydrogen-bond donors (Lipinski definition) is 2. The SMILES string of the molecule is CCC(CC)C(=O)Nc1ccc([N+](=O)[O-])cc1C(=O)O. The monoisotopic (exact) mass is 280 g/mol. The maximum Gasteiger partial charge on any atom is 0.338 e. The molecule has 108 valence electrons. The van der Waals surface area contributed by atoms with Gasteiger partial charge in [0.05, 0.1) is 16.2 Å². The third-order valence-corrected chi connectivity index (χ3v) is 3.06. The molecule has 0 fully saturated rings. The molecule has 0 aliphatic carbocycles. The molecule has 7 nitrogen and oxygen atoms in total. The molecule has 0 atom stereocenters. The van der Waals surface area contributed by atoms with Crippen molar-refractivity contribution in [2.45, 2.75) is 26.7 Å². The highest BCUT2D eigenvalue weighted by molar-refractivity contribution is 6.01. The molecule has 20 heavy (non-hydrogen) atoms. The van der Waals surface area contributed by atoms with Gasteiger partial charge in [-0.2, -0.15) is 0 Å².